The summed E-state index contributed by atoms with van der Waals surface area (Å²) in [4.78, 5) is 21.6. The second-order valence-corrected chi connectivity index (χ2v) is 6.59. The maximum Gasteiger partial charge on any atom is 0.291 e. The fourth-order valence-corrected chi connectivity index (χ4v) is 3.48. The van der Waals surface area contributed by atoms with Crippen molar-refractivity contribution < 1.29 is 0 Å². The molecule has 0 aliphatic carbocycles. The van der Waals surface area contributed by atoms with E-state index in [0.717, 1.165) is 16.7 Å². The Morgan fingerprint density at radius 3 is 2.60 bits per heavy atom. The molecular formula is C19H14N4OS. The van der Waals surface area contributed by atoms with Gasteiger partial charge in [0.2, 0.25) is 4.96 Å². The summed E-state index contributed by atoms with van der Waals surface area (Å²) in [6.07, 6.45) is 7.28. The van der Waals surface area contributed by atoms with Gasteiger partial charge in [0.05, 0.1) is 4.53 Å². The second kappa shape index (κ2) is 6.41. The fourth-order valence-electron chi connectivity index (χ4n) is 2.52. The minimum absolute atomic E-state index is 0.145. The lowest BCUT2D eigenvalue weighted by atomic mass is 10.1. The number of fused-ring (bicyclic) bond motifs is 1. The van der Waals surface area contributed by atoms with Gasteiger partial charge in [-0.05, 0) is 36.3 Å². The first kappa shape index (κ1) is 15.4. The smallest absolute Gasteiger partial charge is 0.266 e. The third-order valence-corrected chi connectivity index (χ3v) is 4.63. The molecule has 6 heteroatoms. The molecule has 0 amide bonds. The molecule has 0 radical (unpaired) electrons. The van der Waals surface area contributed by atoms with Gasteiger partial charge >= 0.3 is 0 Å². The van der Waals surface area contributed by atoms with Crippen LogP contribution in [-0.2, 0) is 0 Å². The van der Waals surface area contributed by atoms with Crippen molar-refractivity contribution in [3.63, 3.8) is 0 Å². The molecule has 1 aromatic carbocycles. The first-order valence-corrected chi connectivity index (χ1v) is 8.57. The summed E-state index contributed by atoms with van der Waals surface area (Å²) in [5.74, 6) is 0.536. The number of pyridine rings is 1. The normalized spacial score (nSPS) is 12.8. The zero-order valence-corrected chi connectivity index (χ0v) is 14.3. The van der Waals surface area contributed by atoms with Crippen LogP contribution in [0.3, 0.4) is 0 Å². The minimum Gasteiger partial charge on any atom is -0.266 e. The highest BCUT2D eigenvalue weighted by atomic mass is 32.1. The van der Waals surface area contributed by atoms with Gasteiger partial charge in [-0.15, -0.1) is 5.10 Å². The molecule has 122 valence electrons. The van der Waals surface area contributed by atoms with E-state index in [1.807, 2.05) is 61.5 Å². The molecule has 4 rings (SSSR count). The lowest BCUT2D eigenvalue weighted by molar-refractivity contribution is 0.936. The van der Waals surface area contributed by atoms with Gasteiger partial charge in [-0.2, -0.15) is 9.50 Å². The lowest BCUT2D eigenvalue weighted by Crippen LogP contribution is -2.23. The molecule has 0 bridgehead atoms. The van der Waals surface area contributed by atoms with Crippen molar-refractivity contribution in [3.05, 3.63) is 80.9 Å². The van der Waals surface area contributed by atoms with Gasteiger partial charge in [0.1, 0.15) is 0 Å². The summed E-state index contributed by atoms with van der Waals surface area (Å²) in [5, 5.41) is 4.33. The van der Waals surface area contributed by atoms with Gasteiger partial charge < -0.3 is 0 Å². The van der Waals surface area contributed by atoms with Gasteiger partial charge in [0, 0.05) is 18.0 Å². The van der Waals surface area contributed by atoms with Crippen molar-refractivity contribution in [2.24, 2.45) is 0 Å². The van der Waals surface area contributed by atoms with E-state index < -0.39 is 0 Å². The minimum atomic E-state index is -0.145. The topological polar surface area (TPSA) is 60.1 Å². The zero-order chi connectivity index (χ0) is 17.2. The summed E-state index contributed by atoms with van der Waals surface area (Å²) in [7, 11) is 0. The van der Waals surface area contributed by atoms with E-state index in [0.29, 0.717) is 15.3 Å². The number of thiazole rings is 1. The molecule has 25 heavy (non-hydrogen) atoms. The van der Waals surface area contributed by atoms with Crippen molar-refractivity contribution in [1.82, 2.24) is 19.6 Å². The van der Waals surface area contributed by atoms with E-state index in [4.69, 9.17) is 0 Å². The predicted molar refractivity (Wildman–Crippen MR) is 100 cm³/mol. The Kier molecular flexibility index (Phi) is 3.95. The van der Waals surface area contributed by atoms with E-state index in [1.165, 1.54) is 15.9 Å². The molecule has 0 saturated carbocycles. The summed E-state index contributed by atoms with van der Waals surface area (Å²) in [5.41, 5.74) is 2.80. The fraction of sp³-hybridized carbons (Fsp3) is 0.0526. The monoisotopic (exact) mass is 346 g/mol. The van der Waals surface area contributed by atoms with Crippen molar-refractivity contribution in [2.45, 2.75) is 6.92 Å². The Balaban J connectivity index is 1.74. The number of nitrogens with zero attached hydrogens (tertiary/aromatic N) is 4. The zero-order valence-electron chi connectivity index (χ0n) is 13.5. The number of allylic oxidation sites excluding steroid dienone is 1. The standard InChI is InChI=1S/C19H14N4OS/c1-13(11-14-5-3-2-4-6-14)12-16-18(24)23-19(25-16)21-17(22-23)15-7-9-20-10-8-15/h2-12H,1H3/b13-11+,16-12-. The highest BCUT2D eigenvalue weighted by Gasteiger charge is 2.11. The number of hydrogen-bond acceptors (Lipinski definition) is 5. The van der Waals surface area contributed by atoms with Crippen LogP contribution in [0, 0.1) is 0 Å². The van der Waals surface area contributed by atoms with Gasteiger partial charge in [0.15, 0.2) is 5.82 Å². The summed E-state index contributed by atoms with van der Waals surface area (Å²) < 4.78 is 1.99. The van der Waals surface area contributed by atoms with Gasteiger partial charge in [-0.1, -0.05) is 47.7 Å². The molecule has 0 N–H and O–H groups in total. The lowest BCUT2D eigenvalue weighted by Gasteiger charge is -1.93. The molecule has 5 nitrogen and oxygen atoms in total. The predicted octanol–water partition coefficient (Wildman–Crippen LogP) is 2.82. The first-order valence-electron chi connectivity index (χ1n) is 7.76. The van der Waals surface area contributed by atoms with Crippen LogP contribution < -0.4 is 10.1 Å². The van der Waals surface area contributed by atoms with E-state index >= 15 is 0 Å². The highest BCUT2D eigenvalue weighted by Crippen LogP contribution is 2.15. The molecule has 0 fully saturated rings. The highest BCUT2D eigenvalue weighted by molar-refractivity contribution is 7.15. The van der Waals surface area contributed by atoms with Crippen LogP contribution in [0.5, 0.6) is 0 Å². The first-order chi connectivity index (χ1) is 12.2. The van der Waals surface area contributed by atoms with Crippen LogP contribution in [0.25, 0.3) is 28.5 Å². The Labute approximate surface area is 147 Å². The van der Waals surface area contributed by atoms with Crippen LogP contribution in [0.2, 0.25) is 0 Å². The molecule has 0 aliphatic rings. The Hall–Kier alpha value is -3.12. The number of aromatic nitrogens is 4. The molecule has 0 atom stereocenters. The van der Waals surface area contributed by atoms with Crippen LogP contribution in [0.1, 0.15) is 12.5 Å². The molecule has 3 heterocycles. The number of benzene rings is 1. The van der Waals surface area contributed by atoms with Crippen molar-refractivity contribution in [3.8, 4) is 11.4 Å². The van der Waals surface area contributed by atoms with Crippen LogP contribution in [-0.4, -0.2) is 19.6 Å². The van der Waals surface area contributed by atoms with Crippen LogP contribution in [0.15, 0.2) is 65.2 Å². The van der Waals surface area contributed by atoms with E-state index in [-0.39, 0.29) is 5.56 Å². The summed E-state index contributed by atoms with van der Waals surface area (Å²) in [6, 6.07) is 13.7. The molecular weight excluding hydrogens is 332 g/mol. The van der Waals surface area contributed by atoms with Gasteiger partial charge in [0.25, 0.3) is 5.56 Å². The van der Waals surface area contributed by atoms with E-state index in [1.54, 1.807) is 12.4 Å². The Bertz CT molecular complexity index is 1160. The molecule has 0 saturated heterocycles. The van der Waals surface area contributed by atoms with Gasteiger partial charge in [-0.25, -0.2) is 0 Å². The Morgan fingerprint density at radius 1 is 1.12 bits per heavy atom. The van der Waals surface area contributed by atoms with Gasteiger partial charge in [-0.3, -0.25) is 9.78 Å². The quantitative estimate of drug-likeness (QED) is 0.572. The van der Waals surface area contributed by atoms with E-state index in [2.05, 4.69) is 15.1 Å². The molecule has 0 unspecified atom stereocenters. The maximum absolute atomic E-state index is 12.6. The van der Waals surface area contributed by atoms with Crippen LogP contribution in [0.4, 0.5) is 0 Å². The molecule has 3 aromatic heterocycles. The Morgan fingerprint density at radius 2 is 1.88 bits per heavy atom. The molecule has 0 spiro atoms. The van der Waals surface area contributed by atoms with Crippen molar-refractivity contribution >= 4 is 28.4 Å². The third kappa shape index (κ3) is 3.12. The SMILES string of the molecule is CC(/C=c1\sc2nc(-c3ccncc3)nn2c1=O)=C\c1ccccc1. The number of hydrogen-bond donors (Lipinski definition) is 0. The largest absolute Gasteiger partial charge is 0.291 e. The van der Waals surface area contributed by atoms with Crippen LogP contribution >= 0.6 is 11.3 Å². The van der Waals surface area contributed by atoms with Crippen molar-refractivity contribution in [1.29, 1.82) is 0 Å². The molecule has 0 aliphatic heterocycles. The van der Waals surface area contributed by atoms with Crippen molar-refractivity contribution in [2.75, 3.05) is 0 Å². The maximum atomic E-state index is 12.6. The summed E-state index contributed by atoms with van der Waals surface area (Å²) in [6.45, 7) is 1.98. The molecule has 4 aromatic rings. The average molecular weight is 346 g/mol. The number of rotatable bonds is 3. The third-order valence-electron chi connectivity index (χ3n) is 3.67. The summed E-state index contributed by atoms with van der Waals surface area (Å²) >= 11 is 1.34. The van der Waals surface area contributed by atoms with E-state index in [9.17, 15) is 4.79 Å². The second-order valence-electron chi connectivity index (χ2n) is 5.58. The average Bonchev–Trinajstić information content (AvgIpc) is 3.17.